The molecule has 12 nitrogen and oxygen atoms in total. The fourth-order valence-electron chi connectivity index (χ4n) is 3.17. The zero-order chi connectivity index (χ0) is 22.3. The second-order valence-electron chi connectivity index (χ2n) is 7.17. The van der Waals surface area contributed by atoms with Gasteiger partial charge in [-0.25, -0.2) is 14.4 Å². The van der Waals surface area contributed by atoms with Crippen LogP contribution in [0.1, 0.15) is 20.3 Å². The minimum Gasteiger partial charge on any atom is -0.463 e. The maximum absolute atomic E-state index is 15.3. The molecule has 29 heavy (non-hydrogen) atoms. The van der Waals surface area contributed by atoms with E-state index in [2.05, 4.69) is 9.97 Å². The highest BCUT2D eigenvalue weighted by atomic mass is 35.5. The first-order chi connectivity index (χ1) is 13.3. The molecule has 1 fully saturated rings. The van der Waals surface area contributed by atoms with Crippen LogP contribution >= 0.6 is 11.6 Å². The normalized spacial score (nSPS) is 18.0. The van der Waals surface area contributed by atoms with Gasteiger partial charge in [-0.3, -0.25) is 0 Å². The minimum atomic E-state index is -2.18. The number of imide groups is 1. The number of nitrogens with zero attached hydrogens (tertiary/aromatic N) is 6. The molecule has 14 heteroatoms. The third-order valence-electron chi connectivity index (χ3n) is 4.58. The van der Waals surface area contributed by atoms with E-state index in [1.165, 1.54) is 0 Å². The molecule has 0 spiro atoms. The minimum absolute atomic E-state index is 0.0201. The van der Waals surface area contributed by atoms with Crippen molar-refractivity contribution >= 4 is 41.5 Å². The van der Waals surface area contributed by atoms with Gasteiger partial charge >= 0.3 is 18.3 Å². The van der Waals surface area contributed by atoms with E-state index in [1.807, 2.05) is 32.8 Å². The molecule has 2 heterocycles. The quantitative estimate of drug-likeness (QED) is 0.477. The largest absolute Gasteiger partial charge is 0.463 e. The van der Waals surface area contributed by atoms with Crippen LogP contribution in [0.15, 0.2) is 0 Å². The van der Waals surface area contributed by atoms with Crippen LogP contribution in [-0.4, -0.2) is 85.7 Å². The molecule has 1 aliphatic heterocycles. The molecule has 0 bridgehead atoms. The van der Waals surface area contributed by atoms with Gasteiger partial charge in [-0.05, 0) is 46.0 Å². The van der Waals surface area contributed by atoms with Crippen molar-refractivity contribution in [2.75, 3.05) is 30.5 Å². The summed E-state index contributed by atoms with van der Waals surface area (Å²) in [5.41, 5.74) is -0.613. The molecule has 2 rings (SSSR count). The lowest BCUT2D eigenvalue weighted by Crippen LogP contribution is -2.52. The van der Waals surface area contributed by atoms with Crippen molar-refractivity contribution in [3.63, 3.8) is 0 Å². The van der Waals surface area contributed by atoms with Crippen molar-refractivity contribution in [3.8, 4) is 0 Å². The van der Waals surface area contributed by atoms with Crippen LogP contribution < -0.4 is 9.91 Å². The number of carbonyl (C=O) groups is 3. The number of halogens is 2. The van der Waals surface area contributed by atoms with Gasteiger partial charge in [0, 0.05) is 18.1 Å². The van der Waals surface area contributed by atoms with Crippen LogP contribution in [0, 0.1) is 5.82 Å². The summed E-state index contributed by atoms with van der Waals surface area (Å²) in [6, 6.07) is 0.0201. The summed E-state index contributed by atoms with van der Waals surface area (Å²) in [5, 5.41) is 25.9. The maximum Gasteiger partial charge on any atom is 0.437 e. The molecule has 1 aromatic rings. The summed E-state index contributed by atoms with van der Waals surface area (Å²) in [6.07, 6.45) is -5.83. The van der Waals surface area contributed by atoms with Crippen LogP contribution in [0.4, 0.5) is 30.4 Å². The number of hydrazine groups is 1. The molecule has 3 N–H and O–H groups in total. The first kappa shape index (κ1) is 22.4. The van der Waals surface area contributed by atoms with Crippen LogP contribution in [0.3, 0.4) is 0 Å². The Morgan fingerprint density at radius 1 is 1.14 bits per heavy atom. The molecule has 0 aliphatic carbocycles. The first-order valence-electron chi connectivity index (χ1n) is 8.24. The second-order valence-corrected chi connectivity index (χ2v) is 7.51. The zero-order valence-corrected chi connectivity index (χ0v) is 16.8. The predicted octanol–water partition coefficient (Wildman–Crippen LogP) is 2.25. The molecule has 160 valence electrons. The van der Waals surface area contributed by atoms with Crippen molar-refractivity contribution in [2.24, 2.45) is 0 Å². The van der Waals surface area contributed by atoms with Crippen molar-refractivity contribution in [3.05, 3.63) is 11.1 Å². The third-order valence-corrected chi connectivity index (χ3v) is 4.75. The molecular formula is C15H20ClFN6O6. The average Bonchev–Trinajstić information content (AvgIpc) is 2.89. The Labute approximate surface area is 169 Å². The Morgan fingerprint density at radius 2 is 1.69 bits per heavy atom. The van der Waals surface area contributed by atoms with Crippen molar-refractivity contribution in [1.29, 1.82) is 0 Å². The van der Waals surface area contributed by atoms with Gasteiger partial charge in [0.15, 0.2) is 5.82 Å². The van der Waals surface area contributed by atoms with E-state index < -0.39 is 45.7 Å². The van der Waals surface area contributed by atoms with Gasteiger partial charge in [-0.15, -0.1) is 10.0 Å². The van der Waals surface area contributed by atoms with E-state index in [0.29, 0.717) is 13.0 Å². The van der Waals surface area contributed by atoms with Gasteiger partial charge in [0.2, 0.25) is 16.9 Å². The monoisotopic (exact) mass is 434 g/mol. The van der Waals surface area contributed by atoms with Crippen LogP contribution in [0.25, 0.3) is 0 Å². The molecule has 0 radical (unpaired) electrons. The van der Waals surface area contributed by atoms with Crippen molar-refractivity contribution < 1.29 is 34.1 Å². The van der Waals surface area contributed by atoms with Gasteiger partial charge in [-0.1, -0.05) is 0 Å². The second kappa shape index (κ2) is 7.83. The number of hydrogen-bond donors (Lipinski definition) is 3. The SMILES string of the molecule is CN(C)C1CN(c2nc(Cl)nc(N(C(=O)O)N(C(=O)O)C(=O)O)c2F)C(C)(C)C1. The summed E-state index contributed by atoms with van der Waals surface area (Å²) < 4.78 is 15.3. The molecular weight excluding hydrogens is 415 g/mol. The zero-order valence-electron chi connectivity index (χ0n) is 16.0. The molecule has 1 aromatic heterocycles. The predicted molar refractivity (Wildman–Crippen MR) is 98.9 cm³/mol. The van der Waals surface area contributed by atoms with E-state index >= 15 is 4.39 Å². The molecule has 0 aromatic carbocycles. The molecule has 1 atom stereocenters. The van der Waals surface area contributed by atoms with E-state index in [-0.39, 0.29) is 16.9 Å². The summed E-state index contributed by atoms with van der Waals surface area (Å²) in [4.78, 5) is 44.8. The number of anilines is 2. The summed E-state index contributed by atoms with van der Waals surface area (Å²) in [7, 11) is 3.70. The summed E-state index contributed by atoms with van der Waals surface area (Å²) in [6.45, 7) is 3.96. The fraction of sp³-hybridized carbons (Fsp3) is 0.533. The Balaban J connectivity index is 2.65. The highest BCUT2D eigenvalue weighted by Gasteiger charge is 2.43. The lowest BCUT2D eigenvalue weighted by atomic mass is 10.00. The van der Waals surface area contributed by atoms with Crippen LogP contribution in [0.2, 0.25) is 5.28 Å². The Morgan fingerprint density at radius 3 is 2.10 bits per heavy atom. The number of amides is 3. The van der Waals surface area contributed by atoms with E-state index in [0.717, 1.165) is 0 Å². The third kappa shape index (κ3) is 4.24. The molecule has 0 saturated carbocycles. The molecule has 1 unspecified atom stereocenters. The highest BCUT2D eigenvalue weighted by Crippen LogP contribution is 2.38. The smallest absolute Gasteiger partial charge is 0.437 e. The van der Waals surface area contributed by atoms with Gasteiger partial charge in [-0.2, -0.15) is 14.4 Å². The standard InChI is InChI=1S/C15H20ClFN6O6/c1-15(2)5-7(20(3)4)6-21(15)9-8(17)10(19-11(16)18-9)22(12(24)25)23(13(26)27)14(28)29/h7H,5-6H2,1-4H3,(H,24,25)(H,26,27)(H,28,29). The fourth-order valence-corrected chi connectivity index (χ4v) is 3.33. The lowest BCUT2D eigenvalue weighted by Gasteiger charge is -2.33. The number of likely N-dealkylation sites (N-methyl/N-ethyl adjacent to an activating group) is 1. The van der Waals surface area contributed by atoms with E-state index in [1.54, 1.807) is 4.90 Å². The maximum atomic E-state index is 15.3. The van der Waals surface area contributed by atoms with Gasteiger partial charge in [0.1, 0.15) is 0 Å². The van der Waals surface area contributed by atoms with Crippen LogP contribution in [0.5, 0.6) is 0 Å². The lowest BCUT2D eigenvalue weighted by molar-refractivity contribution is 0.112. The number of rotatable bonds is 3. The summed E-state index contributed by atoms with van der Waals surface area (Å²) >= 11 is 5.85. The molecule has 3 amide bonds. The number of aromatic nitrogens is 2. The average molecular weight is 435 g/mol. The van der Waals surface area contributed by atoms with Crippen molar-refractivity contribution in [2.45, 2.75) is 31.8 Å². The van der Waals surface area contributed by atoms with Gasteiger partial charge < -0.3 is 25.1 Å². The highest BCUT2D eigenvalue weighted by molar-refractivity contribution is 6.28. The Bertz CT molecular complexity index is 839. The number of hydrogen-bond acceptors (Lipinski definition) is 7. The van der Waals surface area contributed by atoms with Crippen molar-refractivity contribution in [1.82, 2.24) is 19.9 Å². The van der Waals surface area contributed by atoms with Gasteiger partial charge in [0.05, 0.1) is 0 Å². The number of carboxylic acid groups (broad SMARTS) is 3. The topological polar surface area (TPSA) is 151 Å². The van der Waals surface area contributed by atoms with Crippen LogP contribution in [-0.2, 0) is 0 Å². The molecule has 1 aliphatic rings. The van der Waals surface area contributed by atoms with Gasteiger partial charge in [0.25, 0.3) is 0 Å². The summed E-state index contributed by atoms with van der Waals surface area (Å²) in [5.74, 6) is -2.81. The van der Waals surface area contributed by atoms with E-state index in [4.69, 9.17) is 21.8 Å². The Kier molecular flexibility index (Phi) is 6.04. The first-order valence-corrected chi connectivity index (χ1v) is 8.61. The molecule has 1 saturated heterocycles. The Hall–Kier alpha value is -2.93. The van der Waals surface area contributed by atoms with E-state index in [9.17, 15) is 19.5 Å².